The number of rotatable bonds is 3. The zero-order valence-electron chi connectivity index (χ0n) is 11.2. The van der Waals surface area contributed by atoms with E-state index in [4.69, 9.17) is 0 Å². The summed E-state index contributed by atoms with van der Waals surface area (Å²) < 4.78 is 1.67. The molecule has 0 radical (unpaired) electrons. The van der Waals surface area contributed by atoms with E-state index in [1.807, 2.05) is 25.1 Å². The standard InChI is InChI=1S/C15H19N3O/c1-11-3-2-4-14-17-13(9-15(19)18(11)14)6-5-12-7-8-16-10-12/h2-4,9,12,16H,5-8,10H2,1H3. The Morgan fingerprint density at radius 1 is 1.47 bits per heavy atom. The minimum absolute atomic E-state index is 0.0302. The Morgan fingerprint density at radius 3 is 3.16 bits per heavy atom. The van der Waals surface area contributed by atoms with Gasteiger partial charge in [-0.15, -0.1) is 0 Å². The van der Waals surface area contributed by atoms with Gasteiger partial charge in [-0.25, -0.2) is 4.98 Å². The Balaban J connectivity index is 1.86. The van der Waals surface area contributed by atoms with Crippen LogP contribution in [0.1, 0.15) is 24.2 Å². The molecule has 0 aromatic carbocycles. The third-order valence-corrected chi connectivity index (χ3v) is 3.90. The van der Waals surface area contributed by atoms with Crippen molar-refractivity contribution in [3.05, 3.63) is 46.0 Å². The predicted molar refractivity (Wildman–Crippen MR) is 75.5 cm³/mol. The van der Waals surface area contributed by atoms with Gasteiger partial charge in [0.05, 0.1) is 0 Å². The number of hydrogen-bond acceptors (Lipinski definition) is 3. The first kappa shape index (κ1) is 12.4. The molecule has 1 aliphatic heterocycles. The first-order valence-corrected chi connectivity index (χ1v) is 6.93. The van der Waals surface area contributed by atoms with Crippen LogP contribution < -0.4 is 10.9 Å². The van der Waals surface area contributed by atoms with E-state index in [0.29, 0.717) is 0 Å². The number of nitrogens with one attached hydrogen (secondary N) is 1. The lowest BCUT2D eigenvalue weighted by atomic mass is 10.0. The molecule has 100 valence electrons. The first-order chi connectivity index (χ1) is 9.24. The number of aryl methyl sites for hydroxylation is 2. The Kier molecular flexibility index (Phi) is 3.34. The molecule has 4 heteroatoms. The van der Waals surface area contributed by atoms with E-state index < -0.39 is 0 Å². The van der Waals surface area contributed by atoms with E-state index in [0.717, 1.165) is 48.9 Å². The molecular formula is C15H19N3O. The fraction of sp³-hybridized carbons (Fsp3) is 0.467. The molecular weight excluding hydrogens is 238 g/mol. The summed E-state index contributed by atoms with van der Waals surface area (Å²) in [6.07, 6.45) is 3.25. The van der Waals surface area contributed by atoms with Crippen molar-refractivity contribution in [1.29, 1.82) is 0 Å². The van der Waals surface area contributed by atoms with Gasteiger partial charge in [0.15, 0.2) is 0 Å². The monoisotopic (exact) mass is 257 g/mol. The molecule has 2 aromatic heterocycles. The summed E-state index contributed by atoms with van der Waals surface area (Å²) in [5, 5.41) is 3.37. The Labute approximate surface area is 112 Å². The largest absolute Gasteiger partial charge is 0.316 e. The Morgan fingerprint density at radius 2 is 2.37 bits per heavy atom. The van der Waals surface area contributed by atoms with Gasteiger partial charge in [0, 0.05) is 17.5 Å². The van der Waals surface area contributed by atoms with Gasteiger partial charge in [0.25, 0.3) is 5.56 Å². The van der Waals surface area contributed by atoms with Crippen LogP contribution in [0.25, 0.3) is 5.65 Å². The molecule has 0 bridgehead atoms. The van der Waals surface area contributed by atoms with Gasteiger partial charge < -0.3 is 5.32 Å². The SMILES string of the molecule is Cc1cccc2nc(CCC3CCNC3)cc(=O)n12. The average Bonchev–Trinajstić information content (AvgIpc) is 2.89. The van der Waals surface area contributed by atoms with Crippen molar-refractivity contribution >= 4 is 5.65 Å². The van der Waals surface area contributed by atoms with E-state index >= 15 is 0 Å². The lowest BCUT2D eigenvalue weighted by Gasteiger charge is -2.09. The van der Waals surface area contributed by atoms with Gasteiger partial charge in [-0.1, -0.05) is 6.07 Å². The zero-order chi connectivity index (χ0) is 13.2. The van der Waals surface area contributed by atoms with Crippen LogP contribution in [0, 0.1) is 12.8 Å². The second-order valence-electron chi connectivity index (χ2n) is 5.34. The number of hydrogen-bond donors (Lipinski definition) is 1. The number of nitrogens with zero attached hydrogens (tertiary/aromatic N) is 2. The minimum Gasteiger partial charge on any atom is -0.316 e. The minimum atomic E-state index is 0.0302. The van der Waals surface area contributed by atoms with Gasteiger partial charge in [-0.2, -0.15) is 0 Å². The van der Waals surface area contributed by atoms with Crippen LogP contribution in [0.3, 0.4) is 0 Å². The highest BCUT2D eigenvalue weighted by Gasteiger charge is 2.14. The third-order valence-electron chi connectivity index (χ3n) is 3.90. The van der Waals surface area contributed by atoms with E-state index in [1.165, 1.54) is 6.42 Å². The van der Waals surface area contributed by atoms with Crippen molar-refractivity contribution in [3.63, 3.8) is 0 Å². The van der Waals surface area contributed by atoms with Crippen LogP contribution in [0.15, 0.2) is 29.1 Å². The quantitative estimate of drug-likeness (QED) is 0.907. The molecule has 3 rings (SSSR count). The molecule has 19 heavy (non-hydrogen) atoms. The smallest absolute Gasteiger partial charge is 0.258 e. The van der Waals surface area contributed by atoms with Crippen molar-refractivity contribution in [2.75, 3.05) is 13.1 Å². The lowest BCUT2D eigenvalue weighted by Crippen LogP contribution is -2.18. The Hall–Kier alpha value is -1.68. The average molecular weight is 257 g/mol. The highest BCUT2D eigenvalue weighted by molar-refractivity contribution is 5.40. The van der Waals surface area contributed by atoms with Gasteiger partial charge in [-0.05, 0) is 57.3 Å². The second-order valence-corrected chi connectivity index (χ2v) is 5.34. The van der Waals surface area contributed by atoms with Crippen LogP contribution >= 0.6 is 0 Å². The molecule has 3 heterocycles. The fourth-order valence-electron chi connectivity index (χ4n) is 2.80. The van der Waals surface area contributed by atoms with Crippen molar-refractivity contribution in [2.45, 2.75) is 26.2 Å². The molecule has 1 unspecified atom stereocenters. The van der Waals surface area contributed by atoms with E-state index in [2.05, 4.69) is 10.3 Å². The van der Waals surface area contributed by atoms with E-state index in [1.54, 1.807) is 10.5 Å². The molecule has 1 N–H and O–H groups in total. The van der Waals surface area contributed by atoms with Crippen LogP contribution in [0.4, 0.5) is 0 Å². The maximum Gasteiger partial charge on any atom is 0.258 e. The molecule has 0 spiro atoms. The maximum absolute atomic E-state index is 12.1. The summed E-state index contributed by atoms with van der Waals surface area (Å²) in [6.45, 7) is 4.16. The van der Waals surface area contributed by atoms with Crippen molar-refractivity contribution in [1.82, 2.24) is 14.7 Å². The molecule has 2 aromatic rings. The van der Waals surface area contributed by atoms with Crippen LogP contribution in [0.2, 0.25) is 0 Å². The van der Waals surface area contributed by atoms with Crippen LogP contribution in [-0.4, -0.2) is 22.5 Å². The van der Waals surface area contributed by atoms with Crippen molar-refractivity contribution < 1.29 is 0 Å². The molecule has 1 saturated heterocycles. The maximum atomic E-state index is 12.1. The van der Waals surface area contributed by atoms with E-state index in [9.17, 15) is 4.79 Å². The summed E-state index contributed by atoms with van der Waals surface area (Å²) in [6, 6.07) is 7.46. The number of pyridine rings is 1. The molecule has 4 nitrogen and oxygen atoms in total. The second kappa shape index (κ2) is 5.13. The zero-order valence-corrected chi connectivity index (χ0v) is 11.2. The van der Waals surface area contributed by atoms with Gasteiger partial charge in [0.1, 0.15) is 5.65 Å². The summed E-state index contributed by atoms with van der Waals surface area (Å²) in [5.41, 5.74) is 2.64. The molecule has 0 saturated carbocycles. The fourth-order valence-corrected chi connectivity index (χ4v) is 2.80. The summed E-state index contributed by atoms with van der Waals surface area (Å²) in [7, 11) is 0. The van der Waals surface area contributed by atoms with E-state index in [-0.39, 0.29) is 5.56 Å². The highest BCUT2D eigenvalue weighted by Crippen LogP contribution is 2.15. The first-order valence-electron chi connectivity index (χ1n) is 6.93. The number of fused-ring (bicyclic) bond motifs is 1. The Bertz CT molecular complexity index is 641. The molecule has 1 atom stereocenters. The van der Waals surface area contributed by atoms with Crippen LogP contribution in [-0.2, 0) is 6.42 Å². The number of aromatic nitrogens is 2. The van der Waals surface area contributed by atoms with Crippen molar-refractivity contribution in [3.8, 4) is 0 Å². The van der Waals surface area contributed by atoms with Crippen molar-refractivity contribution in [2.24, 2.45) is 5.92 Å². The third kappa shape index (κ3) is 2.54. The van der Waals surface area contributed by atoms with Gasteiger partial charge in [-0.3, -0.25) is 9.20 Å². The molecule has 0 amide bonds. The summed E-state index contributed by atoms with van der Waals surface area (Å²) in [4.78, 5) is 16.7. The normalized spacial score (nSPS) is 19.1. The molecule has 1 aliphatic rings. The predicted octanol–water partition coefficient (Wildman–Crippen LogP) is 1.55. The molecule has 1 fully saturated rings. The lowest BCUT2D eigenvalue weighted by molar-refractivity contribution is 0.529. The van der Waals surface area contributed by atoms with Gasteiger partial charge >= 0.3 is 0 Å². The molecule has 0 aliphatic carbocycles. The van der Waals surface area contributed by atoms with Gasteiger partial charge in [0.2, 0.25) is 0 Å². The highest BCUT2D eigenvalue weighted by atomic mass is 16.1. The topological polar surface area (TPSA) is 46.4 Å². The summed E-state index contributed by atoms with van der Waals surface area (Å²) in [5.74, 6) is 0.734. The summed E-state index contributed by atoms with van der Waals surface area (Å²) >= 11 is 0. The van der Waals surface area contributed by atoms with Crippen LogP contribution in [0.5, 0.6) is 0 Å².